The molecule has 0 aromatic heterocycles. The SMILES string of the molecule is CCN(Cc1ccc(C(=O)NCCCCN(C)c2ccccc2)cc1)C(C)C. The summed E-state index contributed by atoms with van der Waals surface area (Å²) in [6, 6.07) is 18.9. The van der Waals surface area contributed by atoms with E-state index in [1.165, 1.54) is 11.3 Å². The average molecular weight is 382 g/mol. The molecule has 0 aliphatic carbocycles. The fraction of sp³-hybridized carbons (Fsp3) is 0.458. The third-order valence-corrected chi connectivity index (χ3v) is 5.14. The van der Waals surface area contributed by atoms with Crippen molar-refractivity contribution in [2.75, 3.05) is 31.6 Å². The Morgan fingerprint density at radius 2 is 1.68 bits per heavy atom. The summed E-state index contributed by atoms with van der Waals surface area (Å²) < 4.78 is 0. The topological polar surface area (TPSA) is 35.6 Å². The van der Waals surface area contributed by atoms with E-state index in [1.54, 1.807) is 0 Å². The zero-order valence-corrected chi connectivity index (χ0v) is 17.8. The van der Waals surface area contributed by atoms with E-state index in [0.717, 1.165) is 38.0 Å². The molecule has 0 aliphatic rings. The third-order valence-electron chi connectivity index (χ3n) is 5.14. The van der Waals surface area contributed by atoms with Crippen LogP contribution in [0.15, 0.2) is 54.6 Å². The number of anilines is 1. The summed E-state index contributed by atoms with van der Waals surface area (Å²) in [6.07, 6.45) is 2.02. The molecule has 0 bridgehead atoms. The Balaban J connectivity index is 1.70. The lowest BCUT2D eigenvalue weighted by Crippen LogP contribution is -2.30. The van der Waals surface area contributed by atoms with E-state index in [2.05, 4.69) is 79.3 Å². The van der Waals surface area contributed by atoms with Crippen molar-refractivity contribution in [1.82, 2.24) is 10.2 Å². The van der Waals surface area contributed by atoms with Gasteiger partial charge in [-0.15, -0.1) is 0 Å². The van der Waals surface area contributed by atoms with Gasteiger partial charge in [-0.05, 0) is 63.1 Å². The zero-order chi connectivity index (χ0) is 20.4. The summed E-state index contributed by atoms with van der Waals surface area (Å²) in [5.41, 5.74) is 3.21. The molecule has 0 saturated heterocycles. The lowest BCUT2D eigenvalue weighted by atomic mass is 10.1. The van der Waals surface area contributed by atoms with Gasteiger partial charge in [0.05, 0.1) is 0 Å². The molecule has 0 fully saturated rings. The van der Waals surface area contributed by atoms with Crippen molar-refractivity contribution < 1.29 is 4.79 Å². The maximum absolute atomic E-state index is 12.3. The number of amides is 1. The van der Waals surface area contributed by atoms with Crippen LogP contribution in [0.1, 0.15) is 49.5 Å². The van der Waals surface area contributed by atoms with Gasteiger partial charge in [-0.1, -0.05) is 37.3 Å². The summed E-state index contributed by atoms with van der Waals surface area (Å²) in [7, 11) is 2.11. The van der Waals surface area contributed by atoms with Gasteiger partial charge in [-0.2, -0.15) is 0 Å². The number of unbranched alkanes of at least 4 members (excludes halogenated alkanes) is 1. The molecule has 2 rings (SSSR count). The Labute approximate surface area is 170 Å². The monoisotopic (exact) mass is 381 g/mol. The lowest BCUT2D eigenvalue weighted by molar-refractivity contribution is 0.0953. The number of benzene rings is 2. The number of carbonyl (C=O) groups is 1. The average Bonchev–Trinajstić information content (AvgIpc) is 2.72. The standard InChI is InChI=1S/C24H35N3O/c1-5-27(20(2)3)19-21-13-15-22(16-14-21)24(28)25-17-9-10-18-26(4)23-11-7-6-8-12-23/h6-8,11-16,20H,5,9-10,17-19H2,1-4H3,(H,25,28). The van der Waals surface area contributed by atoms with Crippen LogP contribution in [0.25, 0.3) is 0 Å². The van der Waals surface area contributed by atoms with Crippen LogP contribution in [0.4, 0.5) is 5.69 Å². The second-order valence-corrected chi connectivity index (χ2v) is 7.57. The van der Waals surface area contributed by atoms with Crippen LogP contribution in [0, 0.1) is 0 Å². The van der Waals surface area contributed by atoms with Crippen LogP contribution in [-0.4, -0.2) is 43.5 Å². The quantitative estimate of drug-likeness (QED) is 0.580. The third kappa shape index (κ3) is 7.01. The highest BCUT2D eigenvalue weighted by Crippen LogP contribution is 2.12. The van der Waals surface area contributed by atoms with Crippen LogP contribution in [-0.2, 0) is 6.54 Å². The molecule has 2 aromatic carbocycles. The highest BCUT2D eigenvalue weighted by Gasteiger charge is 2.09. The minimum atomic E-state index is 0.0131. The van der Waals surface area contributed by atoms with Crippen LogP contribution in [0.5, 0.6) is 0 Å². The first kappa shape index (κ1) is 22.0. The molecule has 4 nitrogen and oxygen atoms in total. The molecule has 152 valence electrons. The Hall–Kier alpha value is -2.33. The Bertz CT molecular complexity index is 698. The maximum Gasteiger partial charge on any atom is 0.251 e. The van der Waals surface area contributed by atoms with Crippen molar-refractivity contribution in [2.45, 2.75) is 46.2 Å². The van der Waals surface area contributed by atoms with Gasteiger partial charge in [-0.25, -0.2) is 0 Å². The van der Waals surface area contributed by atoms with E-state index in [4.69, 9.17) is 0 Å². The van der Waals surface area contributed by atoms with Gasteiger partial charge < -0.3 is 10.2 Å². The number of hydrogen-bond donors (Lipinski definition) is 1. The summed E-state index contributed by atoms with van der Waals surface area (Å²) in [5, 5.41) is 3.03. The largest absolute Gasteiger partial charge is 0.375 e. The molecule has 4 heteroatoms. The van der Waals surface area contributed by atoms with Crippen LogP contribution < -0.4 is 10.2 Å². The van der Waals surface area contributed by atoms with E-state index < -0.39 is 0 Å². The summed E-state index contributed by atoms with van der Waals surface area (Å²) in [6.45, 7) is 10.2. The molecule has 0 aliphatic heterocycles. The first-order valence-corrected chi connectivity index (χ1v) is 10.4. The molecule has 1 N–H and O–H groups in total. The molecule has 0 saturated carbocycles. The predicted molar refractivity (Wildman–Crippen MR) is 119 cm³/mol. The number of carbonyl (C=O) groups excluding carboxylic acids is 1. The normalized spacial score (nSPS) is 11.1. The summed E-state index contributed by atoms with van der Waals surface area (Å²) in [4.78, 5) is 17.0. The van der Waals surface area contributed by atoms with Crippen molar-refractivity contribution in [3.63, 3.8) is 0 Å². The van der Waals surface area contributed by atoms with Gasteiger partial charge >= 0.3 is 0 Å². The fourth-order valence-electron chi connectivity index (χ4n) is 3.25. The second kappa shape index (κ2) is 11.5. The van der Waals surface area contributed by atoms with Gasteiger partial charge in [0.2, 0.25) is 0 Å². The van der Waals surface area contributed by atoms with Gasteiger partial charge in [0, 0.05) is 44.0 Å². The molecule has 0 unspecified atom stereocenters. The van der Waals surface area contributed by atoms with E-state index in [0.29, 0.717) is 12.6 Å². The van der Waals surface area contributed by atoms with Gasteiger partial charge in [0.25, 0.3) is 5.91 Å². The Morgan fingerprint density at radius 1 is 1.00 bits per heavy atom. The zero-order valence-electron chi connectivity index (χ0n) is 17.8. The molecule has 28 heavy (non-hydrogen) atoms. The van der Waals surface area contributed by atoms with Gasteiger partial charge in [0.1, 0.15) is 0 Å². The van der Waals surface area contributed by atoms with E-state index >= 15 is 0 Å². The molecular formula is C24H35N3O. The maximum atomic E-state index is 12.3. The smallest absolute Gasteiger partial charge is 0.251 e. The van der Waals surface area contributed by atoms with E-state index in [-0.39, 0.29) is 5.91 Å². The highest BCUT2D eigenvalue weighted by atomic mass is 16.1. The summed E-state index contributed by atoms with van der Waals surface area (Å²) in [5.74, 6) is 0.0131. The molecule has 0 atom stereocenters. The number of nitrogens with zero attached hydrogens (tertiary/aromatic N) is 2. The Morgan fingerprint density at radius 3 is 2.29 bits per heavy atom. The lowest BCUT2D eigenvalue weighted by Gasteiger charge is -2.24. The molecule has 1 amide bonds. The summed E-state index contributed by atoms with van der Waals surface area (Å²) >= 11 is 0. The van der Waals surface area contributed by atoms with Crippen molar-refractivity contribution in [3.05, 3.63) is 65.7 Å². The molecule has 0 spiro atoms. The van der Waals surface area contributed by atoms with Crippen molar-refractivity contribution in [1.29, 1.82) is 0 Å². The Kier molecular flexibility index (Phi) is 9.02. The van der Waals surface area contributed by atoms with Crippen molar-refractivity contribution >= 4 is 11.6 Å². The van der Waals surface area contributed by atoms with Gasteiger partial charge in [-0.3, -0.25) is 9.69 Å². The molecular weight excluding hydrogens is 346 g/mol. The fourth-order valence-corrected chi connectivity index (χ4v) is 3.25. The minimum absolute atomic E-state index is 0.0131. The molecule has 0 radical (unpaired) electrons. The van der Waals surface area contributed by atoms with Gasteiger partial charge in [0.15, 0.2) is 0 Å². The van der Waals surface area contributed by atoms with Crippen LogP contribution in [0.2, 0.25) is 0 Å². The number of rotatable bonds is 11. The number of nitrogens with one attached hydrogen (secondary N) is 1. The minimum Gasteiger partial charge on any atom is -0.375 e. The van der Waals surface area contributed by atoms with E-state index in [9.17, 15) is 4.79 Å². The van der Waals surface area contributed by atoms with E-state index in [1.807, 2.05) is 18.2 Å². The highest BCUT2D eigenvalue weighted by molar-refractivity contribution is 5.94. The van der Waals surface area contributed by atoms with Crippen molar-refractivity contribution in [2.24, 2.45) is 0 Å². The number of para-hydroxylation sites is 1. The number of hydrogen-bond acceptors (Lipinski definition) is 3. The molecule has 2 aromatic rings. The first-order chi connectivity index (χ1) is 13.5. The molecule has 0 heterocycles. The predicted octanol–water partition coefficient (Wildman–Crippen LogP) is 4.56. The second-order valence-electron chi connectivity index (χ2n) is 7.57. The first-order valence-electron chi connectivity index (χ1n) is 10.4. The van der Waals surface area contributed by atoms with Crippen molar-refractivity contribution in [3.8, 4) is 0 Å². The van der Waals surface area contributed by atoms with Crippen LogP contribution in [0.3, 0.4) is 0 Å². The van der Waals surface area contributed by atoms with Crippen LogP contribution >= 0.6 is 0 Å².